The molecule has 0 aliphatic heterocycles. The first-order valence-electron chi connectivity index (χ1n) is 7.90. The molecule has 6 nitrogen and oxygen atoms in total. The molecule has 2 aromatic heterocycles. The highest BCUT2D eigenvalue weighted by Crippen LogP contribution is 2.24. The third-order valence-corrected chi connectivity index (χ3v) is 4.16. The van der Waals surface area contributed by atoms with E-state index in [1.807, 2.05) is 26.0 Å². The Morgan fingerprint density at radius 1 is 1.28 bits per heavy atom. The summed E-state index contributed by atoms with van der Waals surface area (Å²) in [5.74, 6) is 0.448. The van der Waals surface area contributed by atoms with E-state index in [1.54, 1.807) is 25.4 Å². The largest absolute Gasteiger partial charge is 0.496 e. The van der Waals surface area contributed by atoms with Gasteiger partial charge in [-0.1, -0.05) is 18.2 Å². The second-order valence-corrected chi connectivity index (χ2v) is 5.82. The van der Waals surface area contributed by atoms with Crippen LogP contribution in [-0.4, -0.2) is 23.0 Å². The molecule has 0 saturated carbocycles. The van der Waals surface area contributed by atoms with E-state index in [4.69, 9.17) is 4.74 Å². The van der Waals surface area contributed by atoms with Crippen molar-refractivity contribution in [2.75, 3.05) is 7.11 Å². The van der Waals surface area contributed by atoms with E-state index in [0.29, 0.717) is 16.5 Å². The maximum absolute atomic E-state index is 12.6. The molecule has 2 N–H and O–H groups in total. The van der Waals surface area contributed by atoms with Crippen molar-refractivity contribution in [1.82, 2.24) is 15.3 Å². The van der Waals surface area contributed by atoms with Gasteiger partial charge in [-0.3, -0.25) is 14.6 Å². The van der Waals surface area contributed by atoms with E-state index in [9.17, 15) is 9.59 Å². The van der Waals surface area contributed by atoms with E-state index in [0.717, 1.165) is 22.6 Å². The van der Waals surface area contributed by atoms with Gasteiger partial charge in [-0.25, -0.2) is 0 Å². The third-order valence-electron chi connectivity index (χ3n) is 4.16. The molecule has 25 heavy (non-hydrogen) atoms. The lowest BCUT2D eigenvalue weighted by Gasteiger charge is -2.13. The van der Waals surface area contributed by atoms with Crippen LogP contribution in [0.2, 0.25) is 0 Å². The number of fused-ring (bicyclic) bond motifs is 1. The van der Waals surface area contributed by atoms with Gasteiger partial charge in [0.25, 0.3) is 5.91 Å². The number of amides is 1. The number of nitrogens with zero attached hydrogens (tertiary/aromatic N) is 1. The Morgan fingerprint density at radius 3 is 2.80 bits per heavy atom. The van der Waals surface area contributed by atoms with Gasteiger partial charge in [-0.15, -0.1) is 0 Å². The van der Waals surface area contributed by atoms with E-state index in [2.05, 4.69) is 15.3 Å². The predicted octanol–water partition coefficient (Wildman–Crippen LogP) is 2.48. The van der Waals surface area contributed by atoms with Crippen LogP contribution in [0.4, 0.5) is 0 Å². The molecule has 2 heterocycles. The van der Waals surface area contributed by atoms with E-state index in [1.165, 1.54) is 6.07 Å². The molecule has 0 atom stereocenters. The number of hydrogen-bond acceptors (Lipinski definition) is 4. The molecule has 128 valence electrons. The van der Waals surface area contributed by atoms with Gasteiger partial charge in [0.2, 0.25) is 5.56 Å². The highest BCUT2D eigenvalue weighted by Gasteiger charge is 2.14. The number of aryl methyl sites for hydroxylation is 1. The Bertz CT molecular complexity index is 1010. The Kier molecular flexibility index (Phi) is 4.52. The van der Waals surface area contributed by atoms with E-state index < -0.39 is 0 Å². The highest BCUT2D eigenvalue weighted by molar-refractivity contribution is 6.05. The molecule has 3 aromatic rings. The van der Waals surface area contributed by atoms with Crippen LogP contribution in [-0.2, 0) is 6.54 Å². The number of ether oxygens (including phenoxy) is 1. The fourth-order valence-electron chi connectivity index (χ4n) is 2.90. The predicted molar refractivity (Wildman–Crippen MR) is 96.0 cm³/mol. The summed E-state index contributed by atoms with van der Waals surface area (Å²) >= 11 is 0. The lowest BCUT2D eigenvalue weighted by molar-refractivity contribution is 0.0952. The lowest BCUT2D eigenvalue weighted by Crippen LogP contribution is -2.25. The fraction of sp³-hybridized carbons (Fsp3) is 0.211. The maximum Gasteiger partial charge on any atom is 0.252 e. The summed E-state index contributed by atoms with van der Waals surface area (Å²) < 4.78 is 5.38. The Labute approximate surface area is 144 Å². The van der Waals surface area contributed by atoms with Gasteiger partial charge in [0.15, 0.2) is 0 Å². The van der Waals surface area contributed by atoms with Gasteiger partial charge >= 0.3 is 0 Å². The van der Waals surface area contributed by atoms with Gasteiger partial charge in [0, 0.05) is 34.3 Å². The molecular formula is C19H19N3O3. The SMILES string of the molecule is COc1c(C)cnc(CNC(=O)c2cc(=O)[nH]c3ccccc23)c1C. The average Bonchev–Trinajstić information content (AvgIpc) is 2.60. The molecule has 0 spiro atoms. The number of methoxy groups -OCH3 is 1. The maximum atomic E-state index is 12.6. The number of pyridine rings is 2. The van der Waals surface area contributed by atoms with Crippen molar-refractivity contribution in [2.45, 2.75) is 20.4 Å². The molecule has 0 bridgehead atoms. The van der Waals surface area contributed by atoms with E-state index in [-0.39, 0.29) is 18.0 Å². The van der Waals surface area contributed by atoms with Crippen molar-refractivity contribution >= 4 is 16.8 Å². The second-order valence-electron chi connectivity index (χ2n) is 5.82. The summed E-state index contributed by atoms with van der Waals surface area (Å²) in [6, 6.07) is 8.52. The molecule has 0 saturated heterocycles. The summed E-state index contributed by atoms with van der Waals surface area (Å²) in [5, 5.41) is 3.54. The molecular weight excluding hydrogens is 318 g/mol. The minimum atomic E-state index is -0.317. The summed E-state index contributed by atoms with van der Waals surface area (Å²) in [4.78, 5) is 31.5. The van der Waals surface area contributed by atoms with Crippen LogP contribution >= 0.6 is 0 Å². The molecule has 0 radical (unpaired) electrons. The quantitative estimate of drug-likeness (QED) is 0.766. The molecule has 1 amide bonds. The molecule has 0 aliphatic carbocycles. The normalized spacial score (nSPS) is 10.7. The first kappa shape index (κ1) is 16.7. The first-order valence-corrected chi connectivity index (χ1v) is 7.90. The Morgan fingerprint density at radius 2 is 2.04 bits per heavy atom. The van der Waals surface area contributed by atoms with Gasteiger partial charge in [-0.05, 0) is 19.9 Å². The minimum Gasteiger partial charge on any atom is -0.496 e. The van der Waals surface area contributed by atoms with Crippen molar-refractivity contribution < 1.29 is 9.53 Å². The standard InChI is InChI=1S/C19H19N3O3/c1-11-9-20-16(12(2)18(11)25-3)10-21-19(24)14-8-17(23)22-15-7-5-4-6-13(14)15/h4-9H,10H2,1-3H3,(H,21,24)(H,22,23). The number of H-pyrrole nitrogens is 1. The molecule has 0 aliphatic rings. The molecule has 0 unspecified atom stereocenters. The summed E-state index contributed by atoms with van der Waals surface area (Å²) in [6.07, 6.45) is 1.72. The summed E-state index contributed by atoms with van der Waals surface area (Å²) in [6.45, 7) is 4.08. The van der Waals surface area contributed by atoms with Crippen molar-refractivity contribution in [1.29, 1.82) is 0 Å². The van der Waals surface area contributed by atoms with Crippen molar-refractivity contribution in [3.05, 3.63) is 69.3 Å². The van der Waals surface area contributed by atoms with Gasteiger partial charge < -0.3 is 15.0 Å². The molecule has 3 rings (SSSR count). The zero-order valence-electron chi connectivity index (χ0n) is 14.3. The highest BCUT2D eigenvalue weighted by atomic mass is 16.5. The monoisotopic (exact) mass is 337 g/mol. The number of nitrogens with one attached hydrogen (secondary N) is 2. The number of benzene rings is 1. The van der Waals surface area contributed by atoms with Crippen LogP contribution in [0.25, 0.3) is 10.9 Å². The average molecular weight is 337 g/mol. The van der Waals surface area contributed by atoms with Crippen molar-refractivity contribution in [3.63, 3.8) is 0 Å². The van der Waals surface area contributed by atoms with Crippen LogP contribution in [0.3, 0.4) is 0 Å². The number of aromatic nitrogens is 2. The van der Waals surface area contributed by atoms with Crippen molar-refractivity contribution in [2.24, 2.45) is 0 Å². The molecule has 6 heteroatoms. The summed E-state index contributed by atoms with van der Waals surface area (Å²) in [5.41, 5.74) is 3.22. The van der Waals surface area contributed by atoms with Crippen LogP contribution in [0, 0.1) is 13.8 Å². The number of hydrogen-bond donors (Lipinski definition) is 2. The topological polar surface area (TPSA) is 84.1 Å². The number of aromatic amines is 1. The van der Waals surface area contributed by atoms with Crippen LogP contribution in [0.15, 0.2) is 41.3 Å². The number of carbonyl (C=O) groups is 1. The van der Waals surface area contributed by atoms with Crippen molar-refractivity contribution in [3.8, 4) is 5.75 Å². The van der Waals surface area contributed by atoms with Crippen LogP contribution in [0.1, 0.15) is 27.2 Å². The van der Waals surface area contributed by atoms with Gasteiger partial charge in [0.1, 0.15) is 5.75 Å². The summed E-state index contributed by atoms with van der Waals surface area (Å²) in [7, 11) is 1.61. The minimum absolute atomic E-state index is 0.252. The first-order chi connectivity index (χ1) is 12.0. The third kappa shape index (κ3) is 3.24. The molecule has 0 fully saturated rings. The number of para-hydroxylation sites is 1. The zero-order valence-corrected chi connectivity index (χ0v) is 14.3. The number of carbonyl (C=O) groups excluding carboxylic acids is 1. The fourth-order valence-corrected chi connectivity index (χ4v) is 2.90. The zero-order chi connectivity index (χ0) is 18.0. The van der Waals surface area contributed by atoms with Crippen LogP contribution in [0.5, 0.6) is 5.75 Å². The van der Waals surface area contributed by atoms with Crippen LogP contribution < -0.4 is 15.6 Å². The Hall–Kier alpha value is -3.15. The van der Waals surface area contributed by atoms with Gasteiger partial charge in [-0.2, -0.15) is 0 Å². The van der Waals surface area contributed by atoms with E-state index >= 15 is 0 Å². The smallest absolute Gasteiger partial charge is 0.252 e. The van der Waals surface area contributed by atoms with Gasteiger partial charge in [0.05, 0.1) is 24.9 Å². The lowest BCUT2D eigenvalue weighted by atomic mass is 10.1. The number of rotatable bonds is 4. The Balaban J connectivity index is 1.88. The second kappa shape index (κ2) is 6.76. The molecule has 1 aromatic carbocycles.